The van der Waals surface area contributed by atoms with Gasteiger partial charge in [-0.05, 0) is 0 Å². The Kier molecular flexibility index (Phi) is 34.4. The Morgan fingerprint density at radius 1 is 0.435 bits per heavy atom. The van der Waals surface area contributed by atoms with Crippen LogP contribution >= 0.6 is 0 Å². The average Bonchev–Trinajstić information content (AvgIpc) is 3.05. The van der Waals surface area contributed by atoms with Gasteiger partial charge in [0.25, 0.3) is 0 Å². The number of carboxylic acids is 1. The molecule has 0 amide bonds. The van der Waals surface area contributed by atoms with Crippen molar-refractivity contribution in [3.8, 4) is 0 Å². The van der Waals surface area contributed by atoms with E-state index in [4.69, 9.17) is 9.84 Å². The first-order valence-electron chi connectivity index (χ1n) is 20.6. The number of hydrogen-bond acceptors (Lipinski definition) is 3. The minimum absolute atomic E-state index is 0.478. The normalized spacial score (nSPS) is 11.9. The molecule has 0 heterocycles. The van der Waals surface area contributed by atoms with Crippen molar-refractivity contribution < 1.29 is 19.4 Å². The van der Waals surface area contributed by atoms with Crippen LogP contribution in [0.25, 0.3) is 0 Å². The lowest BCUT2D eigenvalue weighted by Gasteiger charge is -2.32. The summed E-state index contributed by atoms with van der Waals surface area (Å²) in [6.45, 7) is 6.85. The standard InChI is InChI=1S/C41H80O4Si/c1-4-7-10-13-16-19-22-25-28-31-36-46(39-45-41(44)35-34-40(42)43,37-32-29-26-23-20-17-14-11-8-5-2)38-33-30-27-24-21-18-15-12-9-6-3/h34-35H,4-33,36-39H2,1-3H3,(H,42,43)/b35-34-. The monoisotopic (exact) mass is 665 g/mol. The molecule has 0 fully saturated rings. The fourth-order valence-corrected chi connectivity index (χ4v) is 11.6. The van der Waals surface area contributed by atoms with Gasteiger partial charge in [-0.2, -0.15) is 0 Å². The second-order valence-corrected chi connectivity index (χ2v) is 19.4. The van der Waals surface area contributed by atoms with Crippen molar-refractivity contribution in [2.75, 3.05) is 6.23 Å². The summed E-state index contributed by atoms with van der Waals surface area (Å²) >= 11 is 0. The maximum atomic E-state index is 12.5. The van der Waals surface area contributed by atoms with Crippen LogP contribution in [0, 0.1) is 0 Å². The van der Waals surface area contributed by atoms with E-state index in [0.29, 0.717) is 6.23 Å². The fourth-order valence-electron chi connectivity index (χ4n) is 6.97. The number of aliphatic carboxylic acids is 1. The van der Waals surface area contributed by atoms with Gasteiger partial charge < -0.3 is 9.84 Å². The molecule has 0 aliphatic carbocycles. The summed E-state index contributed by atoms with van der Waals surface area (Å²) in [5.74, 6) is -1.57. The van der Waals surface area contributed by atoms with Crippen LogP contribution in [-0.2, 0) is 14.3 Å². The Hall–Kier alpha value is -1.10. The van der Waals surface area contributed by atoms with Gasteiger partial charge >= 0.3 is 11.9 Å². The Labute approximate surface area is 288 Å². The Morgan fingerprint density at radius 3 is 0.957 bits per heavy atom. The molecular formula is C41H80O4Si. The first kappa shape index (κ1) is 44.9. The molecule has 1 N–H and O–H groups in total. The predicted octanol–water partition coefficient (Wildman–Crippen LogP) is 13.9. The first-order chi connectivity index (χ1) is 22.5. The van der Waals surface area contributed by atoms with Gasteiger partial charge in [-0.25, -0.2) is 9.59 Å². The van der Waals surface area contributed by atoms with Gasteiger partial charge in [0.2, 0.25) is 0 Å². The minimum Gasteiger partial charge on any atom is -0.478 e. The topological polar surface area (TPSA) is 63.6 Å². The maximum absolute atomic E-state index is 12.5. The van der Waals surface area contributed by atoms with E-state index < -0.39 is 20.0 Å². The van der Waals surface area contributed by atoms with Crippen molar-refractivity contribution in [3.05, 3.63) is 12.2 Å². The summed E-state index contributed by atoms with van der Waals surface area (Å²) in [7, 11) is -1.81. The van der Waals surface area contributed by atoms with E-state index in [1.165, 1.54) is 211 Å². The predicted molar refractivity (Wildman–Crippen MR) is 203 cm³/mol. The van der Waals surface area contributed by atoms with Crippen LogP contribution < -0.4 is 0 Å². The van der Waals surface area contributed by atoms with Crippen molar-refractivity contribution in [3.63, 3.8) is 0 Å². The van der Waals surface area contributed by atoms with Gasteiger partial charge in [-0.15, -0.1) is 0 Å². The molecule has 0 unspecified atom stereocenters. The molecule has 272 valence electrons. The van der Waals surface area contributed by atoms with E-state index in [-0.39, 0.29) is 0 Å². The lowest BCUT2D eigenvalue weighted by Crippen LogP contribution is -2.41. The third-order valence-electron chi connectivity index (χ3n) is 10.1. The van der Waals surface area contributed by atoms with Gasteiger partial charge in [0.1, 0.15) is 0 Å². The lowest BCUT2D eigenvalue weighted by molar-refractivity contribution is -0.137. The number of unbranched alkanes of at least 4 members (excludes halogenated alkanes) is 27. The Balaban J connectivity index is 4.99. The largest absolute Gasteiger partial charge is 0.478 e. The number of carboxylic acid groups (broad SMARTS) is 1. The third kappa shape index (κ3) is 31.5. The van der Waals surface area contributed by atoms with E-state index in [9.17, 15) is 9.59 Å². The smallest absolute Gasteiger partial charge is 0.330 e. The second-order valence-electron chi connectivity index (χ2n) is 14.6. The van der Waals surface area contributed by atoms with Gasteiger partial charge in [0, 0.05) is 12.2 Å². The van der Waals surface area contributed by atoms with Crippen molar-refractivity contribution in [1.29, 1.82) is 0 Å². The van der Waals surface area contributed by atoms with Gasteiger partial charge in [0.05, 0.1) is 14.3 Å². The molecule has 4 nitrogen and oxygen atoms in total. The van der Waals surface area contributed by atoms with Gasteiger partial charge in [-0.1, -0.05) is 232 Å². The number of esters is 1. The van der Waals surface area contributed by atoms with E-state index in [0.717, 1.165) is 12.2 Å². The summed E-state index contributed by atoms with van der Waals surface area (Å²) in [5, 5.41) is 8.98. The summed E-state index contributed by atoms with van der Waals surface area (Å²) in [6.07, 6.45) is 43.0. The van der Waals surface area contributed by atoms with E-state index in [1.807, 2.05) is 0 Å². The van der Waals surface area contributed by atoms with Crippen LogP contribution in [0.1, 0.15) is 213 Å². The van der Waals surface area contributed by atoms with E-state index >= 15 is 0 Å². The third-order valence-corrected chi connectivity index (χ3v) is 15.1. The van der Waals surface area contributed by atoms with Crippen molar-refractivity contribution >= 4 is 20.0 Å². The minimum atomic E-state index is -1.81. The molecule has 0 aromatic carbocycles. The lowest BCUT2D eigenvalue weighted by atomic mass is 10.1. The SMILES string of the molecule is CCCCCCCCCCCC[Si](CCCCCCCCCCCC)(CCCCCCCCCCCC)COC(=O)/C=C\C(=O)O. The zero-order chi connectivity index (χ0) is 33.8. The number of carbonyl (C=O) groups excluding carboxylic acids is 1. The van der Waals surface area contributed by atoms with Crippen LogP contribution in [0.3, 0.4) is 0 Å². The van der Waals surface area contributed by atoms with Crippen LogP contribution in [0.15, 0.2) is 12.2 Å². The molecule has 5 heteroatoms. The number of ether oxygens (including phenoxy) is 1. The second kappa shape index (κ2) is 35.2. The fraction of sp³-hybridized carbons (Fsp3) is 0.902. The highest BCUT2D eigenvalue weighted by molar-refractivity contribution is 6.79. The molecule has 0 aliphatic rings. The molecule has 0 aromatic rings. The molecule has 0 radical (unpaired) electrons. The van der Waals surface area contributed by atoms with Crippen molar-refractivity contribution in [2.24, 2.45) is 0 Å². The van der Waals surface area contributed by atoms with E-state index in [2.05, 4.69) is 20.8 Å². The van der Waals surface area contributed by atoms with Crippen LogP contribution in [0.2, 0.25) is 18.1 Å². The highest BCUT2D eigenvalue weighted by Gasteiger charge is 2.33. The van der Waals surface area contributed by atoms with E-state index in [1.54, 1.807) is 0 Å². The molecule has 0 rings (SSSR count). The zero-order valence-corrected chi connectivity index (χ0v) is 32.4. The Morgan fingerprint density at radius 2 is 0.696 bits per heavy atom. The van der Waals surface area contributed by atoms with Crippen LogP contribution in [-0.4, -0.2) is 31.3 Å². The maximum Gasteiger partial charge on any atom is 0.330 e. The summed E-state index contributed by atoms with van der Waals surface area (Å²) in [4.78, 5) is 23.4. The van der Waals surface area contributed by atoms with Crippen molar-refractivity contribution in [1.82, 2.24) is 0 Å². The molecule has 0 spiro atoms. The molecule has 0 aromatic heterocycles. The average molecular weight is 665 g/mol. The molecule has 0 aliphatic heterocycles. The molecule has 0 saturated carbocycles. The molecule has 46 heavy (non-hydrogen) atoms. The molecule has 0 saturated heterocycles. The number of rotatable bonds is 37. The summed E-state index contributed by atoms with van der Waals surface area (Å²) in [5.41, 5.74) is 0. The molecule has 0 atom stereocenters. The van der Waals surface area contributed by atoms with Gasteiger partial charge in [-0.3, -0.25) is 0 Å². The summed E-state index contributed by atoms with van der Waals surface area (Å²) < 4.78 is 5.86. The highest BCUT2D eigenvalue weighted by Crippen LogP contribution is 2.31. The Bertz CT molecular complexity index is 632. The molecular weight excluding hydrogens is 585 g/mol. The number of carbonyl (C=O) groups is 2. The first-order valence-corrected chi connectivity index (χ1v) is 23.4. The van der Waals surface area contributed by atoms with Crippen molar-refractivity contribution in [2.45, 2.75) is 232 Å². The highest BCUT2D eigenvalue weighted by atomic mass is 28.3. The van der Waals surface area contributed by atoms with Crippen LogP contribution in [0.5, 0.6) is 0 Å². The quantitative estimate of drug-likeness (QED) is 0.0311. The zero-order valence-electron chi connectivity index (χ0n) is 31.4. The molecule has 0 bridgehead atoms. The summed E-state index contributed by atoms with van der Waals surface area (Å²) in [6, 6.07) is 3.77. The van der Waals surface area contributed by atoms with Gasteiger partial charge in [0.15, 0.2) is 0 Å². The van der Waals surface area contributed by atoms with Crippen LogP contribution in [0.4, 0.5) is 0 Å². The number of hydrogen-bond donors (Lipinski definition) is 1.